The summed E-state index contributed by atoms with van der Waals surface area (Å²) in [6.07, 6.45) is 5.83. The van der Waals surface area contributed by atoms with Crippen molar-refractivity contribution in [3.05, 3.63) is 55.7 Å². The fourth-order valence-electron chi connectivity index (χ4n) is 5.37. The van der Waals surface area contributed by atoms with Crippen molar-refractivity contribution in [1.82, 2.24) is 14.5 Å². The number of amides is 1. The van der Waals surface area contributed by atoms with Crippen molar-refractivity contribution in [3.63, 3.8) is 0 Å². The van der Waals surface area contributed by atoms with Crippen molar-refractivity contribution in [2.45, 2.75) is 77.3 Å². The molecule has 2 aromatic rings. The first kappa shape index (κ1) is 22.1. The Labute approximate surface area is 191 Å². The Bertz CT molecular complexity index is 1070. The Morgan fingerprint density at radius 2 is 1.90 bits per heavy atom. The maximum Gasteiger partial charge on any atom is 0.315 e. The summed E-state index contributed by atoms with van der Waals surface area (Å²) in [5.74, 6) is -0.223. The summed E-state index contributed by atoms with van der Waals surface area (Å²) < 4.78 is 2.86. The molecule has 166 valence electrons. The van der Waals surface area contributed by atoms with Crippen LogP contribution in [-0.4, -0.2) is 38.1 Å². The van der Waals surface area contributed by atoms with Gasteiger partial charge in [-0.3, -0.25) is 9.59 Å². The fraction of sp³-hybridized carbons (Fsp3) is 0.542. The van der Waals surface area contributed by atoms with E-state index in [1.165, 1.54) is 11.1 Å². The molecule has 1 aromatic heterocycles. The van der Waals surface area contributed by atoms with Crippen LogP contribution < -0.4 is 5.56 Å². The van der Waals surface area contributed by atoms with E-state index < -0.39 is 11.3 Å². The number of rotatable bonds is 5. The molecule has 0 bridgehead atoms. The van der Waals surface area contributed by atoms with Gasteiger partial charge in [0.2, 0.25) is 5.75 Å². The van der Waals surface area contributed by atoms with E-state index in [1.54, 1.807) is 9.47 Å². The number of aromatic hydroxyl groups is 1. The molecule has 31 heavy (non-hydrogen) atoms. The van der Waals surface area contributed by atoms with E-state index in [2.05, 4.69) is 46.0 Å². The summed E-state index contributed by atoms with van der Waals surface area (Å²) in [7, 11) is 0. The number of benzene rings is 1. The molecule has 2 aliphatic rings. The maximum absolute atomic E-state index is 13.1. The number of fused-ring (bicyclic) bond motifs is 1. The van der Waals surface area contributed by atoms with Gasteiger partial charge in [-0.05, 0) is 56.4 Å². The van der Waals surface area contributed by atoms with Crippen LogP contribution in [0.2, 0.25) is 0 Å². The second-order valence-corrected chi connectivity index (χ2v) is 9.86. The lowest BCUT2D eigenvalue weighted by molar-refractivity contribution is 0.0613. The first-order chi connectivity index (χ1) is 14.8. The second-order valence-electron chi connectivity index (χ2n) is 8.95. The number of likely N-dealkylation sites (N-methyl/N-ethyl adjacent to an activating group) is 1. The Hall–Kier alpha value is -2.15. The lowest BCUT2D eigenvalue weighted by Gasteiger charge is -2.37. The monoisotopic (exact) mass is 487 g/mol. The molecule has 2 heterocycles. The van der Waals surface area contributed by atoms with Crippen molar-refractivity contribution < 1.29 is 9.90 Å². The molecule has 1 aliphatic carbocycles. The summed E-state index contributed by atoms with van der Waals surface area (Å²) >= 11 is 3.67. The molecular weight excluding hydrogens is 458 g/mol. The van der Waals surface area contributed by atoms with E-state index in [0.29, 0.717) is 25.3 Å². The zero-order valence-corrected chi connectivity index (χ0v) is 20.0. The highest BCUT2D eigenvalue weighted by Gasteiger charge is 2.40. The van der Waals surface area contributed by atoms with Gasteiger partial charge in [0.25, 0.3) is 5.91 Å². The zero-order chi connectivity index (χ0) is 22.3. The largest absolute Gasteiger partial charge is 0.501 e. The molecule has 0 radical (unpaired) electrons. The van der Waals surface area contributed by atoms with E-state index in [9.17, 15) is 14.7 Å². The van der Waals surface area contributed by atoms with Crippen molar-refractivity contribution >= 4 is 21.8 Å². The Balaban J connectivity index is 1.84. The molecular formula is C24H30BrN3O3. The molecule has 4 rings (SSSR count). The Morgan fingerprint density at radius 1 is 1.19 bits per heavy atom. The van der Waals surface area contributed by atoms with Gasteiger partial charge in [0.15, 0.2) is 5.69 Å². The van der Waals surface area contributed by atoms with Gasteiger partial charge in [-0.1, -0.05) is 41.8 Å². The molecule has 0 spiro atoms. The standard InChI is InChI=1S/C24H30BrN3O3/c1-4-16-10-17(12-18(25)11-16)24(8-6-7-9-24)13-19-26-22(30)21(29)20-23(31)27(5-2)15(3)14-28(19)20/h10-12,15,29H,4-9,13-14H2,1-3H3/t15-/m0/s1. The normalized spacial score (nSPS) is 20.2. The van der Waals surface area contributed by atoms with Crippen LogP contribution in [0.3, 0.4) is 0 Å². The fourth-order valence-corrected chi connectivity index (χ4v) is 5.91. The minimum atomic E-state index is -0.711. The zero-order valence-electron chi connectivity index (χ0n) is 18.4. The van der Waals surface area contributed by atoms with Crippen LogP contribution in [0.1, 0.15) is 73.9 Å². The molecule has 1 amide bonds. The number of halogens is 1. The van der Waals surface area contributed by atoms with Gasteiger partial charge in [-0.15, -0.1) is 0 Å². The molecule has 1 saturated carbocycles. The SMILES string of the molecule is CCc1cc(Br)cc(C2(Cc3nc(=O)c(O)c4n3C[C@H](C)N(CC)C4=O)CCCC2)c1. The van der Waals surface area contributed by atoms with Crippen molar-refractivity contribution in [2.75, 3.05) is 6.54 Å². The van der Waals surface area contributed by atoms with E-state index in [-0.39, 0.29) is 23.1 Å². The number of carbonyl (C=O) groups excluding carboxylic acids is 1. The molecule has 1 aromatic carbocycles. The third-order valence-corrected chi connectivity index (χ3v) is 7.52. The van der Waals surface area contributed by atoms with Gasteiger partial charge in [0.1, 0.15) is 5.82 Å². The summed E-state index contributed by atoms with van der Waals surface area (Å²) in [5, 5.41) is 10.4. The van der Waals surface area contributed by atoms with Gasteiger partial charge in [-0.25, -0.2) is 0 Å². The first-order valence-electron chi connectivity index (χ1n) is 11.2. The Morgan fingerprint density at radius 3 is 2.55 bits per heavy atom. The predicted molar refractivity (Wildman–Crippen MR) is 124 cm³/mol. The van der Waals surface area contributed by atoms with E-state index in [4.69, 9.17) is 0 Å². The predicted octanol–water partition coefficient (Wildman–Crippen LogP) is 4.19. The number of carbonyl (C=O) groups is 1. The average molecular weight is 488 g/mol. The third-order valence-electron chi connectivity index (χ3n) is 7.06. The number of hydrogen-bond acceptors (Lipinski definition) is 4. The highest BCUT2D eigenvalue weighted by molar-refractivity contribution is 9.10. The maximum atomic E-state index is 13.1. The van der Waals surface area contributed by atoms with Crippen LogP contribution in [0.4, 0.5) is 0 Å². The smallest absolute Gasteiger partial charge is 0.315 e. The van der Waals surface area contributed by atoms with Crippen molar-refractivity contribution in [2.24, 2.45) is 0 Å². The topological polar surface area (TPSA) is 75.4 Å². The van der Waals surface area contributed by atoms with Gasteiger partial charge in [-0.2, -0.15) is 4.98 Å². The van der Waals surface area contributed by atoms with E-state index in [0.717, 1.165) is 36.6 Å². The number of nitrogens with zero attached hydrogens (tertiary/aromatic N) is 3. The first-order valence-corrected chi connectivity index (χ1v) is 12.0. The van der Waals surface area contributed by atoms with Gasteiger partial charge in [0, 0.05) is 35.4 Å². The van der Waals surface area contributed by atoms with Crippen molar-refractivity contribution in [3.8, 4) is 5.75 Å². The average Bonchev–Trinajstić information content (AvgIpc) is 3.21. The summed E-state index contributed by atoms with van der Waals surface area (Å²) in [4.78, 5) is 31.6. The quantitative estimate of drug-likeness (QED) is 0.685. The minimum absolute atomic E-state index is 0.0236. The number of aromatic nitrogens is 2. The summed E-state index contributed by atoms with van der Waals surface area (Å²) in [6.45, 7) is 7.12. The molecule has 1 N–H and O–H groups in total. The van der Waals surface area contributed by atoms with E-state index in [1.807, 2.05) is 13.8 Å². The molecule has 0 unspecified atom stereocenters. The molecule has 6 nitrogen and oxygen atoms in total. The van der Waals surface area contributed by atoms with Crippen LogP contribution in [-0.2, 0) is 24.8 Å². The molecule has 1 fully saturated rings. The van der Waals surface area contributed by atoms with Crippen LogP contribution in [0.5, 0.6) is 5.75 Å². The lowest BCUT2D eigenvalue weighted by atomic mass is 9.75. The van der Waals surface area contributed by atoms with Gasteiger partial charge in [0.05, 0.1) is 0 Å². The number of hydrogen-bond donors (Lipinski definition) is 1. The van der Waals surface area contributed by atoms with Gasteiger partial charge < -0.3 is 14.6 Å². The van der Waals surface area contributed by atoms with Crippen LogP contribution in [0, 0.1) is 0 Å². The molecule has 1 atom stereocenters. The molecule has 7 heteroatoms. The molecule has 1 aliphatic heterocycles. The van der Waals surface area contributed by atoms with Crippen LogP contribution in [0.15, 0.2) is 27.5 Å². The molecule has 0 saturated heterocycles. The van der Waals surface area contributed by atoms with Crippen molar-refractivity contribution in [1.29, 1.82) is 0 Å². The lowest BCUT2D eigenvalue weighted by Crippen LogP contribution is -2.48. The Kier molecular flexibility index (Phi) is 5.99. The number of aryl methyl sites for hydroxylation is 1. The third kappa shape index (κ3) is 3.81. The second kappa shape index (κ2) is 8.41. The summed E-state index contributed by atoms with van der Waals surface area (Å²) in [6, 6.07) is 6.59. The van der Waals surface area contributed by atoms with Crippen LogP contribution in [0.25, 0.3) is 0 Å². The van der Waals surface area contributed by atoms with Crippen LogP contribution >= 0.6 is 15.9 Å². The van der Waals surface area contributed by atoms with Gasteiger partial charge >= 0.3 is 5.56 Å². The highest BCUT2D eigenvalue weighted by Crippen LogP contribution is 2.45. The highest BCUT2D eigenvalue weighted by atomic mass is 79.9. The summed E-state index contributed by atoms with van der Waals surface area (Å²) in [5.41, 5.74) is 1.79. The van der Waals surface area contributed by atoms with E-state index >= 15 is 0 Å². The minimum Gasteiger partial charge on any atom is -0.501 e.